The van der Waals surface area contributed by atoms with Gasteiger partial charge in [0.25, 0.3) is 0 Å². The van der Waals surface area contributed by atoms with E-state index in [9.17, 15) is 4.79 Å². The average Bonchev–Trinajstić information content (AvgIpc) is 3.38. The molecule has 5 rings (SSSR count). The number of amides is 1. The predicted molar refractivity (Wildman–Crippen MR) is 119 cm³/mol. The summed E-state index contributed by atoms with van der Waals surface area (Å²) in [6, 6.07) is 15.6. The quantitative estimate of drug-likeness (QED) is 0.636. The number of carbonyl (C=O) groups excluding carboxylic acids is 1. The van der Waals surface area contributed by atoms with Gasteiger partial charge in [0, 0.05) is 26.2 Å². The van der Waals surface area contributed by atoms with Gasteiger partial charge in [0.05, 0.1) is 23.5 Å². The number of rotatable bonds is 4. The highest BCUT2D eigenvalue weighted by Crippen LogP contribution is 2.42. The normalized spacial score (nSPS) is 18.0. The fourth-order valence-corrected chi connectivity index (χ4v) is 4.98. The second-order valence-electron chi connectivity index (χ2n) is 8.54. The van der Waals surface area contributed by atoms with E-state index in [1.807, 2.05) is 41.3 Å². The van der Waals surface area contributed by atoms with E-state index in [4.69, 9.17) is 5.26 Å². The second-order valence-corrected chi connectivity index (χ2v) is 8.54. The van der Waals surface area contributed by atoms with Crippen molar-refractivity contribution in [1.82, 2.24) is 24.9 Å². The lowest BCUT2D eigenvalue weighted by Crippen LogP contribution is -2.53. The topological polar surface area (TPSA) is 90.9 Å². The van der Waals surface area contributed by atoms with Gasteiger partial charge in [-0.3, -0.25) is 4.79 Å². The first-order chi connectivity index (χ1) is 15.7. The molecule has 2 aliphatic rings. The Bertz CT molecular complexity index is 1140. The third-order valence-electron chi connectivity index (χ3n) is 6.70. The van der Waals surface area contributed by atoms with Crippen molar-refractivity contribution in [3.8, 4) is 11.8 Å². The van der Waals surface area contributed by atoms with Gasteiger partial charge in [-0.1, -0.05) is 24.3 Å². The molecule has 0 radical (unpaired) electrons. The van der Waals surface area contributed by atoms with Crippen molar-refractivity contribution >= 4 is 11.7 Å². The zero-order valence-corrected chi connectivity index (χ0v) is 17.9. The first-order valence-electron chi connectivity index (χ1n) is 11.0. The van der Waals surface area contributed by atoms with E-state index < -0.39 is 0 Å². The zero-order valence-electron chi connectivity index (χ0n) is 17.9. The number of para-hydroxylation sites is 1. The lowest BCUT2D eigenvalue weighted by molar-refractivity contribution is -0.148. The Morgan fingerprint density at radius 3 is 2.53 bits per heavy atom. The van der Waals surface area contributed by atoms with Crippen LogP contribution in [0.1, 0.15) is 36.9 Å². The molecule has 32 heavy (non-hydrogen) atoms. The second kappa shape index (κ2) is 8.42. The molecule has 0 bridgehead atoms. The fraction of sp³-hybridized carbons (Fsp3) is 0.375. The van der Waals surface area contributed by atoms with Crippen LogP contribution >= 0.6 is 0 Å². The summed E-state index contributed by atoms with van der Waals surface area (Å²) < 4.78 is 0. The number of benzene rings is 1. The molecular weight excluding hydrogens is 402 g/mol. The Morgan fingerprint density at radius 2 is 1.75 bits per heavy atom. The molecule has 3 aromatic rings. The Labute approximate surface area is 187 Å². The summed E-state index contributed by atoms with van der Waals surface area (Å²) in [6.45, 7) is 2.88. The number of likely N-dealkylation sites (tertiary alicyclic amines) is 1. The maximum atomic E-state index is 13.7. The van der Waals surface area contributed by atoms with E-state index >= 15 is 0 Å². The minimum absolute atomic E-state index is 0.255. The molecule has 1 aromatic carbocycles. The van der Waals surface area contributed by atoms with Crippen molar-refractivity contribution in [2.24, 2.45) is 5.41 Å². The molecule has 2 saturated heterocycles. The van der Waals surface area contributed by atoms with Gasteiger partial charge >= 0.3 is 0 Å². The van der Waals surface area contributed by atoms with Crippen LogP contribution in [0.25, 0.3) is 5.69 Å². The molecule has 1 amide bonds. The fourth-order valence-electron chi connectivity index (χ4n) is 4.98. The van der Waals surface area contributed by atoms with Crippen LogP contribution in [-0.2, 0) is 11.3 Å². The first-order valence-corrected chi connectivity index (χ1v) is 11.0. The smallest absolute Gasteiger partial charge is 0.229 e. The van der Waals surface area contributed by atoms with Crippen molar-refractivity contribution in [3.05, 3.63) is 66.1 Å². The van der Waals surface area contributed by atoms with Crippen LogP contribution < -0.4 is 4.90 Å². The molecule has 8 nitrogen and oxygen atoms in total. The molecule has 0 N–H and O–H groups in total. The van der Waals surface area contributed by atoms with Crippen LogP contribution in [0.15, 0.2) is 54.9 Å². The minimum atomic E-state index is -0.305. The molecular formula is C24H25N7O. The van der Waals surface area contributed by atoms with E-state index in [1.165, 1.54) is 0 Å². The largest absolute Gasteiger partial charge is 0.357 e. The maximum absolute atomic E-state index is 13.7. The summed E-state index contributed by atoms with van der Waals surface area (Å²) in [7, 11) is 0. The number of anilines is 1. The first kappa shape index (κ1) is 20.2. The Hall–Kier alpha value is -3.73. The van der Waals surface area contributed by atoms with E-state index in [-0.39, 0.29) is 11.3 Å². The number of carbonyl (C=O) groups is 1. The summed E-state index contributed by atoms with van der Waals surface area (Å²) in [4.78, 5) is 23.9. The lowest BCUT2D eigenvalue weighted by atomic mass is 9.71. The molecule has 4 heterocycles. The average molecular weight is 428 g/mol. The number of aromatic nitrogens is 4. The van der Waals surface area contributed by atoms with E-state index in [0.29, 0.717) is 12.2 Å². The number of hydrogen-bond acceptors (Lipinski definition) is 6. The van der Waals surface area contributed by atoms with Crippen molar-refractivity contribution < 1.29 is 4.79 Å². The zero-order chi connectivity index (χ0) is 22.0. The third-order valence-corrected chi connectivity index (χ3v) is 6.70. The summed E-state index contributed by atoms with van der Waals surface area (Å²) in [5, 5.41) is 17.7. The van der Waals surface area contributed by atoms with Crippen molar-refractivity contribution in [3.63, 3.8) is 0 Å². The van der Waals surface area contributed by atoms with Gasteiger partial charge < -0.3 is 9.80 Å². The van der Waals surface area contributed by atoms with Crippen LogP contribution in [0.5, 0.6) is 0 Å². The predicted octanol–water partition coefficient (Wildman–Crippen LogP) is 2.94. The minimum Gasteiger partial charge on any atom is -0.357 e. The van der Waals surface area contributed by atoms with Gasteiger partial charge in [0.15, 0.2) is 0 Å². The van der Waals surface area contributed by atoms with Crippen LogP contribution in [0.2, 0.25) is 0 Å². The van der Waals surface area contributed by atoms with E-state index in [1.54, 1.807) is 23.3 Å². The third kappa shape index (κ3) is 3.71. The molecule has 1 spiro atoms. The van der Waals surface area contributed by atoms with Crippen LogP contribution in [0, 0.1) is 16.7 Å². The molecule has 0 aliphatic carbocycles. The van der Waals surface area contributed by atoms with Gasteiger partial charge in [-0.15, -0.1) is 0 Å². The number of piperidine rings is 2. The van der Waals surface area contributed by atoms with Crippen molar-refractivity contribution in [2.45, 2.75) is 32.2 Å². The lowest BCUT2D eigenvalue weighted by Gasteiger charge is -2.46. The number of pyridine rings is 1. The Balaban J connectivity index is 1.31. The van der Waals surface area contributed by atoms with Crippen LogP contribution in [0.4, 0.5) is 5.82 Å². The van der Waals surface area contributed by atoms with E-state index in [2.05, 4.69) is 26.2 Å². The Kier molecular flexibility index (Phi) is 5.31. The molecule has 2 fully saturated rings. The highest BCUT2D eigenvalue weighted by molar-refractivity contribution is 5.84. The van der Waals surface area contributed by atoms with Crippen LogP contribution in [0.3, 0.4) is 0 Å². The SMILES string of the molecule is N#Cc1cccc(N2CCC3(CCCN(Cc4ccccc4-n4nccn4)C3=O)CC2)n1. The molecule has 0 atom stereocenters. The highest BCUT2D eigenvalue weighted by Gasteiger charge is 2.45. The molecule has 2 aliphatic heterocycles. The Morgan fingerprint density at radius 1 is 0.969 bits per heavy atom. The standard InChI is InChI=1S/C24H25N7O/c25-17-20-6-3-8-22(28-20)29-15-10-24(11-16-29)9-4-14-30(23(24)32)18-19-5-1-2-7-21(19)31-26-12-13-27-31/h1-3,5-8,12-13H,4,9-11,14-16,18H2. The molecule has 162 valence electrons. The van der Waals surface area contributed by atoms with Crippen molar-refractivity contribution in [2.75, 3.05) is 24.5 Å². The van der Waals surface area contributed by atoms with Gasteiger partial charge in [-0.05, 0) is 49.4 Å². The number of hydrogen-bond donors (Lipinski definition) is 0. The van der Waals surface area contributed by atoms with Gasteiger partial charge in [0.2, 0.25) is 5.91 Å². The highest BCUT2D eigenvalue weighted by atomic mass is 16.2. The van der Waals surface area contributed by atoms with Gasteiger partial charge in [-0.25, -0.2) is 4.98 Å². The number of nitrogens with zero attached hydrogens (tertiary/aromatic N) is 7. The summed E-state index contributed by atoms with van der Waals surface area (Å²) in [5.74, 6) is 1.07. The van der Waals surface area contributed by atoms with Gasteiger partial charge in [0.1, 0.15) is 17.6 Å². The van der Waals surface area contributed by atoms with Crippen LogP contribution in [-0.4, -0.2) is 50.4 Å². The molecule has 8 heteroatoms. The molecule has 0 unspecified atom stereocenters. The maximum Gasteiger partial charge on any atom is 0.229 e. The number of nitriles is 1. The monoisotopic (exact) mass is 427 g/mol. The summed E-state index contributed by atoms with van der Waals surface area (Å²) in [6.07, 6.45) is 6.88. The van der Waals surface area contributed by atoms with E-state index in [0.717, 1.165) is 62.4 Å². The summed E-state index contributed by atoms with van der Waals surface area (Å²) >= 11 is 0. The summed E-state index contributed by atoms with van der Waals surface area (Å²) in [5.41, 5.74) is 2.07. The molecule has 2 aromatic heterocycles. The van der Waals surface area contributed by atoms with Gasteiger partial charge in [-0.2, -0.15) is 20.3 Å². The van der Waals surface area contributed by atoms with Crippen molar-refractivity contribution in [1.29, 1.82) is 5.26 Å². The molecule has 0 saturated carbocycles.